The molecule has 0 aliphatic heterocycles. The Hall–Kier alpha value is -1.90. The molecule has 0 radical (unpaired) electrons. The van der Waals surface area contributed by atoms with E-state index in [2.05, 4.69) is 37.0 Å². The summed E-state index contributed by atoms with van der Waals surface area (Å²) in [6.45, 7) is 7.54. The van der Waals surface area contributed by atoms with E-state index in [0.29, 0.717) is 0 Å². The molecule has 0 saturated heterocycles. The minimum Gasteiger partial charge on any atom is -0.377 e. The van der Waals surface area contributed by atoms with Crippen molar-refractivity contribution in [1.82, 2.24) is 4.90 Å². The number of benzene rings is 2. The third-order valence-corrected chi connectivity index (χ3v) is 4.83. The van der Waals surface area contributed by atoms with Gasteiger partial charge >= 0.3 is 0 Å². The van der Waals surface area contributed by atoms with E-state index in [1.54, 1.807) is 0 Å². The quantitative estimate of drug-likeness (QED) is 0.809. The molecule has 0 amide bonds. The lowest BCUT2D eigenvalue weighted by Crippen LogP contribution is -2.24. The Labute approximate surface area is 139 Å². The first kappa shape index (κ1) is 16.0. The molecule has 0 heterocycles. The molecule has 0 aromatic heterocycles. The Morgan fingerprint density at radius 2 is 1.43 bits per heavy atom. The Morgan fingerprint density at radius 3 is 1.96 bits per heavy atom. The minimum atomic E-state index is -1.00. The van der Waals surface area contributed by atoms with Gasteiger partial charge in [0.25, 0.3) is 0 Å². The second-order valence-electron chi connectivity index (χ2n) is 6.08. The SMILES string of the molecule is CCN(CC)CCC=CC1(O)c2ccccc2-c2ccccc21. The second kappa shape index (κ2) is 6.69. The molecule has 23 heavy (non-hydrogen) atoms. The summed E-state index contributed by atoms with van der Waals surface area (Å²) in [6.07, 6.45) is 5.05. The van der Waals surface area contributed by atoms with E-state index >= 15 is 0 Å². The van der Waals surface area contributed by atoms with E-state index in [-0.39, 0.29) is 0 Å². The van der Waals surface area contributed by atoms with Gasteiger partial charge in [0.05, 0.1) is 0 Å². The molecule has 0 unspecified atom stereocenters. The van der Waals surface area contributed by atoms with Gasteiger partial charge < -0.3 is 10.0 Å². The molecule has 0 spiro atoms. The molecule has 0 atom stereocenters. The molecule has 2 nitrogen and oxygen atoms in total. The Bertz CT molecular complexity index is 655. The van der Waals surface area contributed by atoms with Gasteiger partial charge in [0.1, 0.15) is 5.60 Å². The number of hydrogen-bond acceptors (Lipinski definition) is 2. The fraction of sp³-hybridized carbons (Fsp3) is 0.333. The summed E-state index contributed by atoms with van der Waals surface area (Å²) in [7, 11) is 0. The molecule has 1 aliphatic carbocycles. The number of aliphatic hydroxyl groups is 1. The first-order valence-electron chi connectivity index (χ1n) is 8.52. The number of nitrogens with zero attached hydrogens (tertiary/aromatic N) is 1. The largest absolute Gasteiger partial charge is 0.377 e. The van der Waals surface area contributed by atoms with Crippen LogP contribution in [0.3, 0.4) is 0 Å². The zero-order valence-corrected chi connectivity index (χ0v) is 14.0. The zero-order chi connectivity index (χ0) is 16.3. The zero-order valence-electron chi connectivity index (χ0n) is 14.0. The van der Waals surface area contributed by atoms with Gasteiger partial charge in [-0.25, -0.2) is 0 Å². The van der Waals surface area contributed by atoms with E-state index in [4.69, 9.17) is 0 Å². The highest BCUT2D eigenvalue weighted by Crippen LogP contribution is 2.47. The van der Waals surface area contributed by atoms with Crippen LogP contribution in [-0.2, 0) is 5.60 Å². The monoisotopic (exact) mass is 307 g/mol. The van der Waals surface area contributed by atoms with Crippen molar-refractivity contribution in [2.24, 2.45) is 0 Å². The third-order valence-electron chi connectivity index (χ3n) is 4.83. The molecule has 1 aliphatic rings. The topological polar surface area (TPSA) is 23.5 Å². The normalized spacial score (nSPS) is 15.1. The first-order chi connectivity index (χ1) is 11.2. The van der Waals surface area contributed by atoms with Crippen LogP contribution >= 0.6 is 0 Å². The highest BCUT2D eigenvalue weighted by Gasteiger charge is 2.38. The molecular formula is C21H25NO. The molecule has 2 heteroatoms. The van der Waals surface area contributed by atoms with Crippen LogP contribution in [0.4, 0.5) is 0 Å². The summed E-state index contributed by atoms with van der Waals surface area (Å²) in [4.78, 5) is 2.39. The molecule has 0 saturated carbocycles. The van der Waals surface area contributed by atoms with Crippen molar-refractivity contribution in [1.29, 1.82) is 0 Å². The average Bonchev–Trinajstić information content (AvgIpc) is 2.86. The van der Waals surface area contributed by atoms with Crippen molar-refractivity contribution < 1.29 is 5.11 Å². The van der Waals surface area contributed by atoms with Crippen LogP contribution in [0, 0.1) is 0 Å². The van der Waals surface area contributed by atoms with Crippen molar-refractivity contribution in [3.8, 4) is 11.1 Å². The molecule has 2 aromatic rings. The lowest BCUT2D eigenvalue weighted by molar-refractivity contribution is 0.139. The van der Waals surface area contributed by atoms with Crippen molar-refractivity contribution in [2.75, 3.05) is 19.6 Å². The van der Waals surface area contributed by atoms with Crippen LogP contribution < -0.4 is 0 Å². The predicted octanol–water partition coefficient (Wildman–Crippen LogP) is 4.19. The Morgan fingerprint density at radius 1 is 0.913 bits per heavy atom. The third kappa shape index (κ3) is 2.85. The maximum atomic E-state index is 11.4. The van der Waals surface area contributed by atoms with Gasteiger partial charge in [0.2, 0.25) is 0 Å². The van der Waals surface area contributed by atoms with Crippen LogP contribution in [0.25, 0.3) is 11.1 Å². The number of fused-ring (bicyclic) bond motifs is 3. The fourth-order valence-electron chi connectivity index (χ4n) is 3.48. The van der Waals surface area contributed by atoms with Gasteiger partial charge in [-0.15, -0.1) is 0 Å². The summed E-state index contributed by atoms with van der Waals surface area (Å²) in [5.74, 6) is 0. The van der Waals surface area contributed by atoms with Crippen LogP contribution in [-0.4, -0.2) is 29.6 Å². The molecule has 120 valence electrons. The maximum Gasteiger partial charge on any atom is 0.134 e. The van der Waals surface area contributed by atoms with Crippen molar-refractivity contribution in [3.63, 3.8) is 0 Å². The van der Waals surface area contributed by atoms with Crippen molar-refractivity contribution in [3.05, 3.63) is 71.8 Å². The molecule has 2 aromatic carbocycles. The van der Waals surface area contributed by atoms with E-state index in [1.165, 1.54) is 0 Å². The van der Waals surface area contributed by atoms with Crippen molar-refractivity contribution >= 4 is 0 Å². The Balaban J connectivity index is 1.88. The molecule has 0 bridgehead atoms. The van der Waals surface area contributed by atoms with E-state index in [0.717, 1.165) is 48.3 Å². The highest BCUT2D eigenvalue weighted by atomic mass is 16.3. The molecule has 3 rings (SSSR count). The summed E-state index contributed by atoms with van der Waals surface area (Å²) in [5, 5.41) is 11.4. The molecular weight excluding hydrogens is 282 g/mol. The lowest BCUT2D eigenvalue weighted by atomic mass is 9.91. The van der Waals surface area contributed by atoms with Gasteiger partial charge in [-0.05, 0) is 47.8 Å². The highest BCUT2D eigenvalue weighted by molar-refractivity contribution is 5.81. The van der Waals surface area contributed by atoms with Gasteiger partial charge in [-0.2, -0.15) is 0 Å². The van der Waals surface area contributed by atoms with E-state index < -0.39 is 5.60 Å². The van der Waals surface area contributed by atoms with Crippen LogP contribution in [0.2, 0.25) is 0 Å². The first-order valence-corrected chi connectivity index (χ1v) is 8.52. The summed E-state index contributed by atoms with van der Waals surface area (Å²) >= 11 is 0. The summed E-state index contributed by atoms with van der Waals surface area (Å²) < 4.78 is 0. The maximum absolute atomic E-state index is 11.4. The average molecular weight is 307 g/mol. The summed E-state index contributed by atoms with van der Waals surface area (Å²) in [6, 6.07) is 16.3. The Kier molecular flexibility index (Phi) is 4.65. The van der Waals surface area contributed by atoms with E-state index in [1.807, 2.05) is 42.5 Å². The van der Waals surface area contributed by atoms with E-state index in [9.17, 15) is 5.11 Å². The van der Waals surface area contributed by atoms with Crippen LogP contribution in [0.5, 0.6) is 0 Å². The second-order valence-corrected chi connectivity index (χ2v) is 6.08. The van der Waals surface area contributed by atoms with Gasteiger partial charge in [-0.1, -0.05) is 68.5 Å². The standard InChI is InChI=1S/C21H25NO/c1-3-22(4-2)16-10-9-15-21(23)19-13-7-5-11-17(19)18-12-6-8-14-20(18)21/h5-9,11-15,23H,3-4,10,16H2,1-2H3. The van der Waals surface area contributed by atoms with Gasteiger partial charge in [-0.3, -0.25) is 0 Å². The fourth-order valence-corrected chi connectivity index (χ4v) is 3.48. The molecule has 0 fully saturated rings. The molecule has 1 N–H and O–H groups in total. The van der Waals surface area contributed by atoms with Crippen molar-refractivity contribution in [2.45, 2.75) is 25.9 Å². The predicted molar refractivity (Wildman–Crippen MR) is 96.4 cm³/mol. The van der Waals surface area contributed by atoms with Crippen LogP contribution in [0.15, 0.2) is 60.7 Å². The number of hydrogen-bond donors (Lipinski definition) is 1. The van der Waals surface area contributed by atoms with Crippen LogP contribution in [0.1, 0.15) is 31.4 Å². The summed E-state index contributed by atoms with van der Waals surface area (Å²) in [5.41, 5.74) is 3.25. The minimum absolute atomic E-state index is 0.953. The lowest BCUT2D eigenvalue weighted by Gasteiger charge is -2.22. The van der Waals surface area contributed by atoms with Gasteiger partial charge in [0, 0.05) is 6.54 Å². The smallest absolute Gasteiger partial charge is 0.134 e. The van der Waals surface area contributed by atoms with Gasteiger partial charge in [0.15, 0.2) is 0 Å². The number of rotatable bonds is 6.